The second-order valence-electron chi connectivity index (χ2n) is 6.26. The summed E-state index contributed by atoms with van der Waals surface area (Å²) in [7, 11) is 0. The van der Waals surface area contributed by atoms with Crippen molar-refractivity contribution in [3.8, 4) is 11.5 Å². The monoisotopic (exact) mass is 309 g/mol. The Labute approximate surface area is 135 Å². The third-order valence-electron chi connectivity index (χ3n) is 4.45. The third kappa shape index (κ3) is 2.25. The van der Waals surface area contributed by atoms with Gasteiger partial charge in [-0.3, -0.25) is 4.79 Å². The van der Waals surface area contributed by atoms with E-state index in [9.17, 15) is 4.79 Å². The van der Waals surface area contributed by atoms with Crippen LogP contribution in [0, 0.1) is 0 Å². The Balaban J connectivity index is 1.69. The Morgan fingerprint density at radius 3 is 2.48 bits per heavy atom. The van der Waals surface area contributed by atoms with E-state index >= 15 is 0 Å². The summed E-state index contributed by atoms with van der Waals surface area (Å²) in [5.74, 6) is 1.73. The number of hydrogen-bond acceptors (Lipinski definition) is 3. The van der Waals surface area contributed by atoms with Gasteiger partial charge < -0.3 is 14.4 Å². The molecule has 2 aliphatic rings. The first-order valence-electron chi connectivity index (χ1n) is 7.98. The van der Waals surface area contributed by atoms with E-state index in [0.717, 1.165) is 11.3 Å². The second-order valence-corrected chi connectivity index (χ2v) is 6.26. The molecule has 4 nitrogen and oxygen atoms in total. The van der Waals surface area contributed by atoms with E-state index in [1.165, 1.54) is 5.56 Å². The van der Waals surface area contributed by atoms with Gasteiger partial charge in [-0.15, -0.1) is 0 Å². The van der Waals surface area contributed by atoms with Crippen LogP contribution in [0.4, 0.5) is 5.69 Å². The molecule has 0 aliphatic carbocycles. The highest BCUT2D eigenvalue weighted by Crippen LogP contribution is 2.41. The Bertz CT molecular complexity index is 765. The lowest BCUT2D eigenvalue weighted by atomic mass is 10.0. The maximum Gasteiger partial charge on any atom is 0.262 e. The van der Waals surface area contributed by atoms with Gasteiger partial charge in [0.05, 0.1) is 12.1 Å². The van der Waals surface area contributed by atoms with Gasteiger partial charge in [-0.1, -0.05) is 32.0 Å². The summed E-state index contributed by atoms with van der Waals surface area (Å²) in [5.41, 5.74) is 3.83. The minimum Gasteiger partial charge on any atom is -0.486 e. The molecule has 23 heavy (non-hydrogen) atoms. The van der Waals surface area contributed by atoms with Crippen molar-refractivity contribution >= 4 is 11.6 Å². The van der Waals surface area contributed by atoms with E-state index in [4.69, 9.17) is 9.47 Å². The third-order valence-corrected chi connectivity index (χ3v) is 4.45. The van der Waals surface area contributed by atoms with Gasteiger partial charge in [0.2, 0.25) is 0 Å². The molecule has 118 valence electrons. The lowest BCUT2D eigenvalue weighted by molar-refractivity contribution is 0.0987. The zero-order chi connectivity index (χ0) is 16.0. The highest BCUT2D eigenvalue weighted by molar-refractivity contribution is 6.12. The zero-order valence-corrected chi connectivity index (χ0v) is 13.3. The van der Waals surface area contributed by atoms with E-state index in [1.807, 2.05) is 24.3 Å². The molecule has 2 heterocycles. The maximum absolute atomic E-state index is 12.9. The van der Waals surface area contributed by atoms with Crippen LogP contribution < -0.4 is 14.4 Å². The smallest absolute Gasteiger partial charge is 0.262 e. The van der Waals surface area contributed by atoms with Gasteiger partial charge in [-0.05, 0) is 35.2 Å². The van der Waals surface area contributed by atoms with Crippen molar-refractivity contribution in [2.45, 2.75) is 26.3 Å². The fraction of sp³-hybridized carbons (Fsp3) is 0.316. The molecule has 0 fully saturated rings. The number of ether oxygens (including phenoxy) is 2. The summed E-state index contributed by atoms with van der Waals surface area (Å²) in [6, 6.07) is 12.1. The van der Waals surface area contributed by atoms with Crippen LogP contribution in [-0.4, -0.2) is 19.1 Å². The summed E-state index contributed by atoms with van der Waals surface area (Å²) in [5, 5.41) is 0. The van der Waals surface area contributed by atoms with Gasteiger partial charge in [0.1, 0.15) is 13.2 Å². The standard InChI is InChI=1S/C19H19NO3/c1-12(2)13-3-6-15(7-4-13)20-11-14-5-8-16-18(17(14)19(20)21)23-10-9-22-16/h3-8,12H,9-11H2,1-2H3. The number of benzene rings is 2. The average Bonchev–Trinajstić information content (AvgIpc) is 2.92. The van der Waals surface area contributed by atoms with Crippen LogP contribution in [0.1, 0.15) is 41.3 Å². The topological polar surface area (TPSA) is 38.8 Å². The zero-order valence-electron chi connectivity index (χ0n) is 13.3. The van der Waals surface area contributed by atoms with Crippen LogP contribution in [0.3, 0.4) is 0 Å². The van der Waals surface area contributed by atoms with Gasteiger partial charge in [-0.25, -0.2) is 0 Å². The molecule has 0 atom stereocenters. The number of rotatable bonds is 2. The molecule has 0 bridgehead atoms. The van der Waals surface area contributed by atoms with Crippen molar-refractivity contribution in [2.75, 3.05) is 18.1 Å². The summed E-state index contributed by atoms with van der Waals surface area (Å²) >= 11 is 0. The minimum atomic E-state index is -0.0142. The van der Waals surface area contributed by atoms with Crippen molar-refractivity contribution < 1.29 is 14.3 Å². The first kappa shape index (κ1) is 14.1. The van der Waals surface area contributed by atoms with Gasteiger partial charge >= 0.3 is 0 Å². The van der Waals surface area contributed by atoms with E-state index in [-0.39, 0.29) is 5.91 Å². The largest absolute Gasteiger partial charge is 0.486 e. The van der Waals surface area contributed by atoms with Crippen LogP contribution in [0.25, 0.3) is 0 Å². The second kappa shape index (κ2) is 5.30. The van der Waals surface area contributed by atoms with Crippen molar-refractivity contribution in [3.63, 3.8) is 0 Å². The highest BCUT2D eigenvalue weighted by Gasteiger charge is 2.34. The molecule has 0 radical (unpaired) electrons. The van der Waals surface area contributed by atoms with Gasteiger partial charge in [0.25, 0.3) is 5.91 Å². The van der Waals surface area contributed by atoms with Gasteiger partial charge in [0.15, 0.2) is 11.5 Å². The Hall–Kier alpha value is -2.49. The van der Waals surface area contributed by atoms with Crippen molar-refractivity contribution in [3.05, 3.63) is 53.1 Å². The van der Waals surface area contributed by atoms with Gasteiger partial charge in [0, 0.05) is 5.69 Å². The number of anilines is 1. The summed E-state index contributed by atoms with van der Waals surface area (Å²) < 4.78 is 11.3. The molecular weight excluding hydrogens is 290 g/mol. The predicted molar refractivity (Wildman–Crippen MR) is 88.5 cm³/mol. The molecule has 0 N–H and O–H groups in total. The lowest BCUT2D eigenvalue weighted by Gasteiger charge is -2.20. The normalized spacial score (nSPS) is 16.0. The van der Waals surface area contributed by atoms with Gasteiger partial charge in [-0.2, -0.15) is 0 Å². The molecule has 4 rings (SSSR count). The van der Waals surface area contributed by atoms with Crippen LogP contribution >= 0.6 is 0 Å². The molecular formula is C19H19NO3. The van der Waals surface area contributed by atoms with Crippen LogP contribution in [0.2, 0.25) is 0 Å². The summed E-state index contributed by atoms with van der Waals surface area (Å²) in [6.45, 7) is 5.91. The molecule has 0 saturated heterocycles. The molecule has 0 aromatic heterocycles. The van der Waals surface area contributed by atoms with Crippen molar-refractivity contribution in [2.24, 2.45) is 0 Å². The Morgan fingerprint density at radius 1 is 1.00 bits per heavy atom. The minimum absolute atomic E-state index is 0.0142. The van der Waals surface area contributed by atoms with Crippen LogP contribution in [-0.2, 0) is 6.54 Å². The Morgan fingerprint density at radius 2 is 1.74 bits per heavy atom. The van der Waals surface area contributed by atoms with Crippen LogP contribution in [0.15, 0.2) is 36.4 Å². The van der Waals surface area contributed by atoms with E-state index < -0.39 is 0 Å². The number of carbonyl (C=O) groups excluding carboxylic acids is 1. The molecule has 4 heteroatoms. The molecule has 0 saturated carbocycles. The fourth-order valence-electron chi connectivity index (χ4n) is 3.15. The number of fused-ring (bicyclic) bond motifs is 3. The number of hydrogen-bond donors (Lipinski definition) is 0. The number of nitrogens with zero attached hydrogens (tertiary/aromatic N) is 1. The predicted octanol–water partition coefficient (Wildman–Crippen LogP) is 3.74. The molecule has 2 aromatic carbocycles. The maximum atomic E-state index is 12.9. The molecule has 2 aromatic rings. The SMILES string of the molecule is CC(C)c1ccc(N2Cc3ccc4c(c3C2=O)OCCO4)cc1. The molecule has 2 aliphatic heterocycles. The first-order valence-corrected chi connectivity index (χ1v) is 7.98. The summed E-state index contributed by atoms with van der Waals surface area (Å²) in [6.07, 6.45) is 0. The summed E-state index contributed by atoms with van der Waals surface area (Å²) in [4.78, 5) is 14.7. The van der Waals surface area contributed by atoms with E-state index in [0.29, 0.717) is 42.7 Å². The number of carbonyl (C=O) groups is 1. The van der Waals surface area contributed by atoms with E-state index in [1.54, 1.807) is 4.90 Å². The van der Waals surface area contributed by atoms with Crippen LogP contribution in [0.5, 0.6) is 11.5 Å². The van der Waals surface area contributed by atoms with E-state index in [2.05, 4.69) is 26.0 Å². The molecule has 0 spiro atoms. The van der Waals surface area contributed by atoms with Crippen molar-refractivity contribution in [1.29, 1.82) is 0 Å². The molecule has 1 amide bonds. The Kier molecular flexibility index (Phi) is 3.26. The fourth-order valence-corrected chi connectivity index (χ4v) is 3.15. The lowest BCUT2D eigenvalue weighted by Crippen LogP contribution is -2.24. The average molecular weight is 309 g/mol. The quantitative estimate of drug-likeness (QED) is 0.848. The highest BCUT2D eigenvalue weighted by atomic mass is 16.6. The van der Waals surface area contributed by atoms with Crippen molar-refractivity contribution in [1.82, 2.24) is 0 Å². The number of amides is 1. The first-order chi connectivity index (χ1) is 11.1. The molecule has 0 unspecified atom stereocenters.